The van der Waals surface area contributed by atoms with Gasteiger partial charge in [-0.25, -0.2) is 4.98 Å². The molecule has 2 rings (SSSR count). The Morgan fingerprint density at radius 2 is 2.11 bits per heavy atom. The fourth-order valence-corrected chi connectivity index (χ4v) is 1.63. The van der Waals surface area contributed by atoms with Crippen LogP contribution in [0.25, 0.3) is 0 Å². The summed E-state index contributed by atoms with van der Waals surface area (Å²) >= 11 is 6.04. The van der Waals surface area contributed by atoms with Crippen LogP contribution in [0, 0.1) is 6.92 Å². The number of ether oxygens (including phenoxy) is 1. The monoisotopic (exact) mass is 263 g/mol. The van der Waals surface area contributed by atoms with Crippen LogP contribution in [0.2, 0.25) is 5.02 Å². The number of aromatic nitrogens is 2. The van der Waals surface area contributed by atoms with E-state index in [4.69, 9.17) is 16.3 Å². The summed E-state index contributed by atoms with van der Waals surface area (Å²) in [5.41, 5.74) is 1.94. The normalized spacial score (nSPS) is 10.4. The lowest BCUT2D eigenvalue weighted by Gasteiger charge is -2.07. The first-order chi connectivity index (χ1) is 8.69. The molecule has 0 bridgehead atoms. The molecule has 0 aliphatic carbocycles. The average Bonchev–Trinajstić information content (AvgIpc) is 2.37. The van der Waals surface area contributed by atoms with E-state index in [2.05, 4.69) is 15.3 Å². The molecular formula is C13H14ClN3O. The molecule has 0 spiro atoms. The van der Waals surface area contributed by atoms with E-state index in [0.29, 0.717) is 23.2 Å². The first-order valence-electron chi connectivity index (χ1n) is 5.58. The molecule has 1 aromatic carbocycles. The van der Waals surface area contributed by atoms with Gasteiger partial charge in [0.05, 0.1) is 23.1 Å². The van der Waals surface area contributed by atoms with E-state index in [1.54, 1.807) is 18.5 Å². The molecule has 94 valence electrons. The van der Waals surface area contributed by atoms with E-state index >= 15 is 0 Å². The number of benzene rings is 1. The highest BCUT2D eigenvalue weighted by molar-refractivity contribution is 6.32. The van der Waals surface area contributed by atoms with E-state index in [9.17, 15) is 0 Å². The lowest BCUT2D eigenvalue weighted by Crippen LogP contribution is -2.07. The predicted octanol–water partition coefficient (Wildman–Crippen LogP) is 2.95. The Morgan fingerprint density at radius 1 is 1.28 bits per heavy atom. The standard InChI is InChI=1S/C13H14ClN3O/c1-9-3-4-11(14)12(5-9)18-13-8-16-10(6-15-2)7-17-13/h3-5,7-8,15H,6H2,1-2H3. The number of nitrogens with zero attached hydrogens (tertiary/aromatic N) is 2. The van der Waals surface area contributed by atoms with Crippen LogP contribution < -0.4 is 10.1 Å². The van der Waals surface area contributed by atoms with Gasteiger partial charge >= 0.3 is 0 Å². The van der Waals surface area contributed by atoms with E-state index in [1.165, 1.54) is 0 Å². The predicted molar refractivity (Wildman–Crippen MR) is 71.1 cm³/mol. The third kappa shape index (κ3) is 3.18. The smallest absolute Gasteiger partial charge is 0.237 e. The van der Waals surface area contributed by atoms with Crippen molar-refractivity contribution in [2.75, 3.05) is 7.05 Å². The van der Waals surface area contributed by atoms with Crippen molar-refractivity contribution >= 4 is 11.6 Å². The molecule has 4 nitrogen and oxygen atoms in total. The van der Waals surface area contributed by atoms with Crippen molar-refractivity contribution in [3.05, 3.63) is 46.9 Å². The van der Waals surface area contributed by atoms with Gasteiger partial charge in [0.2, 0.25) is 5.88 Å². The molecule has 0 saturated carbocycles. The molecule has 1 heterocycles. The molecule has 0 unspecified atom stereocenters. The van der Waals surface area contributed by atoms with E-state index in [0.717, 1.165) is 11.3 Å². The van der Waals surface area contributed by atoms with Gasteiger partial charge in [0.1, 0.15) is 5.75 Å². The van der Waals surface area contributed by atoms with Crippen LogP contribution in [0.4, 0.5) is 0 Å². The largest absolute Gasteiger partial charge is 0.436 e. The first kappa shape index (κ1) is 12.8. The van der Waals surface area contributed by atoms with Gasteiger partial charge in [-0.05, 0) is 31.7 Å². The summed E-state index contributed by atoms with van der Waals surface area (Å²) < 4.78 is 5.60. The van der Waals surface area contributed by atoms with Crippen molar-refractivity contribution in [2.45, 2.75) is 13.5 Å². The second kappa shape index (κ2) is 5.80. The lowest BCUT2D eigenvalue weighted by molar-refractivity contribution is 0.459. The van der Waals surface area contributed by atoms with Crippen molar-refractivity contribution in [2.24, 2.45) is 0 Å². The van der Waals surface area contributed by atoms with Crippen LogP contribution in [0.5, 0.6) is 11.6 Å². The molecular weight excluding hydrogens is 250 g/mol. The molecule has 0 aliphatic heterocycles. The molecule has 2 aromatic rings. The van der Waals surface area contributed by atoms with Crippen molar-refractivity contribution in [1.29, 1.82) is 0 Å². The maximum atomic E-state index is 6.04. The third-order valence-corrected chi connectivity index (χ3v) is 2.65. The molecule has 0 saturated heterocycles. The van der Waals surface area contributed by atoms with Gasteiger partial charge in [-0.1, -0.05) is 17.7 Å². The molecule has 0 fully saturated rings. The molecule has 18 heavy (non-hydrogen) atoms. The number of hydrogen-bond acceptors (Lipinski definition) is 4. The third-order valence-electron chi connectivity index (χ3n) is 2.34. The molecule has 0 radical (unpaired) electrons. The van der Waals surface area contributed by atoms with Crippen molar-refractivity contribution < 1.29 is 4.74 Å². The Bertz CT molecular complexity index is 528. The van der Waals surface area contributed by atoms with Crippen LogP contribution in [-0.2, 0) is 6.54 Å². The van der Waals surface area contributed by atoms with E-state index in [1.807, 2.05) is 26.1 Å². The van der Waals surface area contributed by atoms with Crippen molar-refractivity contribution in [3.8, 4) is 11.6 Å². The van der Waals surface area contributed by atoms with Crippen molar-refractivity contribution in [3.63, 3.8) is 0 Å². The summed E-state index contributed by atoms with van der Waals surface area (Å²) in [6.45, 7) is 2.66. The topological polar surface area (TPSA) is 47.0 Å². The summed E-state index contributed by atoms with van der Waals surface area (Å²) in [6.07, 6.45) is 3.26. The number of nitrogens with one attached hydrogen (secondary N) is 1. The molecule has 1 aromatic heterocycles. The Hall–Kier alpha value is -1.65. The molecule has 5 heteroatoms. The zero-order chi connectivity index (χ0) is 13.0. The number of halogens is 1. The minimum atomic E-state index is 0.433. The fourth-order valence-electron chi connectivity index (χ4n) is 1.47. The minimum absolute atomic E-state index is 0.433. The van der Waals surface area contributed by atoms with E-state index < -0.39 is 0 Å². The van der Waals surface area contributed by atoms with Gasteiger partial charge in [-0.15, -0.1) is 0 Å². The maximum Gasteiger partial charge on any atom is 0.237 e. The quantitative estimate of drug-likeness (QED) is 0.921. The highest BCUT2D eigenvalue weighted by Crippen LogP contribution is 2.28. The van der Waals surface area contributed by atoms with Gasteiger partial charge in [0, 0.05) is 6.54 Å². The van der Waals surface area contributed by atoms with Gasteiger partial charge in [-0.2, -0.15) is 0 Å². The molecule has 0 amide bonds. The summed E-state index contributed by atoms with van der Waals surface area (Å²) in [5, 5.41) is 3.56. The Kier molecular flexibility index (Phi) is 4.12. The van der Waals surface area contributed by atoms with Crippen molar-refractivity contribution in [1.82, 2.24) is 15.3 Å². The molecule has 1 N–H and O–H groups in total. The highest BCUT2D eigenvalue weighted by Gasteiger charge is 2.05. The van der Waals surface area contributed by atoms with Gasteiger partial charge < -0.3 is 10.1 Å². The molecule has 0 aliphatic rings. The number of hydrogen-bond donors (Lipinski definition) is 1. The van der Waals surface area contributed by atoms with Crippen LogP contribution in [0.1, 0.15) is 11.3 Å². The summed E-state index contributed by atoms with van der Waals surface area (Å²) in [6, 6.07) is 5.59. The van der Waals surface area contributed by atoms with Crippen LogP contribution >= 0.6 is 11.6 Å². The fraction of sp³-hybridized carbons (Fsp3) is 0.231. The Balaban J connectivity index is 2.15. The summed E-state index contributed by atoms with van der Waals surface area (Å²) in [7, 11) is 1.86. The summed E-state index contributed by atoms with van der Waals surface area (Å²) in [5.74, 6) is 1.02. The van der Waals surface area contributed by atoms with Crippen LogP contribution in [-0.4, -0.2) is 17.0 Å². The minimum Gasteiger partial charge on any atom is -0.436 e. The first-order valence-corrected chi connectivity index (χ1v) is 5.96. The maximum absolute atomic E-state index is 6.04. The number of rotatable bonds is 4. The van der Waals surface area contributed by atoms with Gasteiger partial charge in [-0.3, -0.25) is 4.98 Å². The van der Waals surface area contributed by atoms with Crippen LogP contribution in [0.3, 0.4) is 0 Å². The second-order valence-electron chi connectivity index (χ2n) is 3.91. The Morgan fingerprint density at radius 3 is 2.78 bits per heavy atom. The van der Waals surface area contributed by atoms with Gasteiger partial charge in [0.25, 0.3) is 0 Å². The van der Waals surface area contributed by atoms with Gasteiger partial charge in [0.15, 0.2) is 0 Å². The Labute approximate surface area is 111 Å². The zero-order valence-corrected chi connectivity index (χ0v) is 11.0. The van der Waals surface area contributed by atoms with E-state index in [-0.39, 0.29) is 0 Å². The summed E-state index contributed by atoms with van der Waals surface area (Å²) in [4.78, 5) is 8.40. The second-order valence-corrected chi connectivity index (χ2v) is 4.32. The number of aryl methyl sites for hydroxylation is 1. The highest BCUT2D eigenvalue weighted by atomic mass is 35.5. The lowest BCUT2D eigenvalue weighted by atomic mass is 10.2. The van der Waals surface area contributed by atoms with Crippen LogP contribution in [0.15, 0.2) is 30.6 Å². The molecule has 0 atom stereocenters. The zero-order valence-electron chi connectivity index (χ0n) is 10.3. The average molecular weight is 264 g/mol. The SMILES string of the molecule is CNCc1cnc(Oc2cc(C)ccc2Cl)cn1.